The first-order chi connectivity index (χ1) is 10.2. The highest BCUT2D eigenvalue weighted by Crippen LogP contribution is 2.35. The van der Waals surface area contributed by atoms with Crippen molar-refractivity contribution in [1.29, 1.82) is 0 Å². The molecule has 3 rings (SSSR count). The van der Waals surface area contributed by atoms with Crippen molar-refractivity contribution in [2.24, 2.45) is 5.73 Å². The van der Waals surface area contributed by atoms with E-state index in [1.807, 2.05) is 35.7 Å². The summed E-state index contributed by atoms with van der Waals surface area (Å²) in [5.41, 5.74) is 9.60. The standard InChI is InChI=1S/C16H12Cl2N2S/c17-11-5-6-14(18)13(7-11)15-9-21-16(20-15)12-4-2-1-3-10(12)8-19/h1-7,9H,8,19H2. The molecule has 2 aromatic carbocycles. The lowest BCUT2D eigenvalue weighted by molar-refractivity contribution is 1.07. The van der Waals surface area contributed by atoms with Gasteiger partial charge in [-0.15, -0.1) is 11.3 Å². The highest BCUT2D eigenvalue weighted by molar-refractivity contribution is 7.13. The van der Waals surface area contributed by atoms with Crippen LogP contribution in [0.2, 0.25) is 10.0 Å². The second-order valence-electron chi connectivity index (χ2n) is 4.52. The molecule has 0 spiro atoms. The number of nitrogens with two attached hydrogens (primary N) is 1. The molecule has 0 aliphatic carbocycles. The van der Waals surface area contributed by atoms with Crippen LogP contribution >= 0.6 is 34.5 Å². The molecule has 0 saturated heterocycles. The molecule has 0 fully saturated rings. The fraction of sp³-hybridized carbons (Fsp3) is 0.0625. The summed E-state index contributed by atoms with van der Waals surface area (Å²) in [6, 6.07) is 13.4. The first-order valence-corrected chi connectivity index (χ1v) is 8.02. The van der Waals surface area contributed by atoms with Gasteiger partial charge in [0.2, 0.25) is 0 Å². The van der Waals surface area contributed by atoms with Crippen molar-refractivity contribution in [2.75, 3.05) is 0 Å². The molecule has 1 aromatic heterocycles. The summed E-state index contributed by atoms with van der Waals surface area (Å²) in [4.78, 5) is 4.68. The molecule has 0 aliphatic rings. The highest BCUT2D eigenvalue weighted by atomic mass is 35.5. The molecule has 1 heterocycles. The third-order valence-corrected chi connectivity index (χ3v) is 4.62. The van der Waals surface area contributed by atoms with Crippen molar-refractivity contribution in [3.63, 3.8) is 0 Å². The van der Waals surface area contributed by atoms with E-state index in [4.69, 9.17) is 28.9 Å². The van der Waals surface area contributed by atoms with Crippen molar-refractivity contribution in [1.82, 2.24) is 4.98 Å². The van der Waals surface area contributed by atoms with Crippen LogP contribution in [0.3, 0.4) is 0 Å². The van der Waals surface area contributed by atoms with Gasteiger partial charge in [-0.1, -0.05) is 47.5 Å². The zero-order valence-corrected chi connectivity index (χ0v) is 13.3. The third kappa shape index (κ3) is 2.97. The summed E-state index contributed by atoms with van der Waals surface area (Å²) in [6.07, 6.45) is 0. The quantitative estimate of drug-likeness (QED) is 0.711. The third-order valence-electron chi connectivity index (χ3n) is 3.18. The van der Waals surface area contributed by atoms with Crippen molar-refractivity contribution in [2.45, 2.75) is 6.54 Å². The number of aromatic nitrogens is 1. The Balaban J connectivity index is 2.06. The van der Waals surface area contributed by atoms with Gasteiger partial charge in [0.05, 0.1) is 10.7 Å². The zero-order chi connectivity index (χ0) is 14.8. The van der Waals surface area contributed by atoms with Gasteiger partial charge >= 0.3 is 0 Å². The Morgan fingerprint density at radius 2 is 1.86 bits per heavy atom. The smallest absolute Gasteiger partial charge is 0.124 e. The molecular formula is C16H12Cl2N2S. The van der Waals surface area contributed by atoms with Crippen LogP contribution in [0.15, 0.2) is 47.8 Å². The first kappa shape index (κ1) is 14.5. The van der Waals surface area contributed by atoms with Gasteiger partial charge in [-0.3, -0.25) is 0 Å². The lowest BCUT2D eigenvalue weighted by atomic mass is 10.1. The van der Waals surface area contributed by atoms with Crippen LogP contribution < -0.4 is 5.73 Å². The van der Waals surface area contributed by atoms with E-state index in [0.717, 1.165) is 27.4 Å². The van der Waals surface area contributed by atoms with E-state index in [1.165, 1.54) is 0 Å². The summed E-state index contributed by atoms with van der Waals surface area (Å²) in [5, 5.41) is 4.21. The Bertz CT molecular complexity index is 783. The van der Waals surface area contributed by atoms with Crippen LogP contribution in [0, 0.1) is 0 Å². The second kappa shape index (κ2) is 6.16. The fourth-order valence-corrected chi connectivity index (χ4v) is 3.39. The Hall–Kier alpha value is -1.39. The number of benzene rings is 2. The van der Waals surface area contributed by atoms with Crippen molar-refractivity contribution in [3.8, 4) is 21.8 Å². The van der Waals surface area contributed by atoms with Crippen LogP contribution in [-0.4, -0.2) is 4.98 Å². The zero-order valence-electron chi connectivity index (χ0n) is 11.0. The molecule has 106 valence electrons. The number of rotatable bonds is 3. The monoisotopic (exact) mass is 334 g/mol. The lowest BCUT2D eigenvalue weighted by Crippen LogP contribution is -1.98. The van der Waals surface area contributed by atoms with Crippen LogP contribution in [0.25, 0.3) is 21.8 Å². The Morgan fingerprint density at radius 3 is 2.67 bits per heavy atom. The summed E-state index contributed by atoms with van der Waals surface area (Å²) in [6.45, 7) is 0.489. The first-order valence-electron chi connectivity index (χ1n) is 6.38. The molecule has 0 radical (unpaired) electrons. The predicted molar refractivity (Wildman–Crippen MR) is 90.9 cm³/mol. The number of thiazole rings is 1. The molecular weight excluding hydrogens is 323 g/mol. The van der Waals surface area contributed by atoms with E-state index in [1.54, 1.807) is 23.5 Å². The van der Waals surface area contributed by atoms with E-state index < -0.39 is 0 Å². The van der Waals surface area contributed by atoms with Crippen molar-refractivity contribution >= 4 is 34.5 Å². The van der Waals surface area contributed by atoms with Gasteiger partial charge in [0.1, 0.15) is 5.01 Å². The maximum atomic E-state index is 6.23. The largest absolute Gasteiger partial charge is 0.326 e. The normalized spacial score (nSPS) is 10.8. The number of hydrogen-bond donors (Lipinski definition) is 1. The summed E-state index contributed by atoms with van der Waals surface area (Å²) in [5.74, 6) is 0. The van der Waals surface area contributed by atoms with Crippen LogP contribution in [-0.2, 0) is 6.54 Å². The minimum Gasteiger partial charge on any atom is -0.326 e. The Kier molecular flexibility index (Phi) is 4.27. The topological polar surface area (TPSA) is 38.9 Å². The minimum atomic E-state index is 0.489. The average molecular weight is 335 g/mol. The molecule has 21 heavy (non-hydrogen) atoms. The molecule has 0 saturated carbocycles. The predicted octanol–water partition coefficient (Wildman–Crippen LogP) is 5.24. The fourth-order valence-electron chi connectivity index (χ4n) is 2.12. The van der Waals surface area contributed by atoms with Gasteiger partial charge in [-0.2, -0.15) is 0 Å². The highest BCUT2D eigenvalue weighted by Gasteiger charge is 2.12. The molecule has 0 bridgehead atoms. The number of nitrogens with zero attached hydrogens (tertiary/aromatic N) is 1. The van der Waals surface area contributed by atoms with Gasteiger partial charge < -0.3 is 5.73 Å². The second-order valence-corrected chi connectivity index (χ2v) is 6.23. The van der Waals surface area contributed by atoms with Gasteiger partial charge in [-0.05, 0) is 23.8 Å². The van der Waals surface area contributed by atoms with Crippen molar-refractivity contribution < 1.29 is 0 Å². The average Bonchev–Trinajstić information content (AvgIpc) is 2.99. The van der Waals surface area contributed by atoms with Crippen LogP contribution in [0.4, 0.5) is 0 Å². The summed E-state index contributed by atoms with van der Waals surface area (Å²) < 4.78 is 0. The van der Waals surface area contributed by atoms with Gasteiger partial charge in [0, 0.05) is 28.1 Å². The summed E-state index contributed by atoms with van der Waals surface area (Å²) in [7, 11) is 0. The molecule has 0 amide bonds. The van der Waals surface area contributed by atoms with E-state index in [0.29, 0.717) is 16.6 Å². The molecule has 0 unspecified atom stereocenters. The van der Waals surface area contributed by atoms with Crippen LogP contribution in [0.5, 0.6) is 0 Å². The molecule has 0 atom stereocenters. The van der Waals surface area contributed by atoms with Crippen molar-refractivity contribution in [3.05, 3.63) is 63.5 Å². The van der Waals surface area contributed by atoms with Gasteiger partial charge in [0.25, 0.3) is 0 Å². The van der Waals surface area contributed by atoms with Crippen LogP contribution in [0.1, 0.15) is 5.56 Å². The van der Waals surface area contributed by atoms with E-state index in [-0.39, 0.29) is 0 Å². The summed E-state index contributed by atoms with van der Waals surface area (Å²) >= 11 is 13.8. The lowest BCUT2D eigenvalue weighted by Gasteiger charge is -2.04. The Morgan fingerprint density at radius 1 is 1.05 bits per heavy atom. The minimum absolute atomic E-state index is 0.489. The SMILES string of the molecule is NCc1ccccc1-c1nc(-c2cc(Cl)ccc2Cl)cs1. The van der Waals surface area contributed by atoms with E-state index >= 15 is 0 Å². The Labute approximate surface area is 137 Å². The maximum absolute atomic E-state index is 6.23. The molecule has 5 heteroatoms. The molecule has 0 aliphatic heterocycles. The van der Waals surface area contributed by atoms with E-state index in [2.05, 4.69) is 4.98 Å². The number of halogens is 2. The molecule has 2 nitrogen and oxygen atoms in total. The maximum Gasteiger partial charge on any atom is 0.124 e. The van der Waals surface area contributed by atoms with Gasteiger partial charge in [0.15, 0.2) is 0 Å². The number of hydrogen-bond acceptors (Lipinski definition) is 3. The van der Waals surface area contributed by atoms with Gasteiger partial charge in [-0.25, -0.2) is 4.98 Å². The van der Waals surface area contributed by atoms with E-state index in [9.17, 15) is 0 Å². The molecule has 2 N–H and O–H groups in total. The molecule has 3 aromatic rings.